The molecule has 8 nitrogen and oxygen atoms in total. The lowest BCUT2D eigenvalue weighted by molar-refractivity contribution is -0.152. The summed E-state index contributed by atoms with van der Waals surface area (Å²) in [6, 6.07) is 8.18. The minimum absolute atomic E-state index is 0.139. The van der Waals surface area contributed by atoms with E-state index in [1.807, 2.05) is 24.3 Å². The summed E-state index contributed by atoms with van der Waals surface area (Å²) in [6.07, 6.45) is 7.09. The van der Waals surface area contributed by atoms with Gasteiger partial charge in [-0.1, -0.05) is 0 Å². The molecule has 0 aromatic carbocycles. The van der Waals surface area contributed by atoms with Crippen LogP contribution in [0.3, 0.4) is 0 Å². The zero-order valence-electron chi connectivity index (χ0n) is 17.5. The summed E-state index contributed by atoms with van der Waals surface area (Å²) in [4.78, 5) is 41.9. The number of amides is 2. The maximum Gasteiger partial charge on any atom is 0.312 e. The lowest BCUT2D eigenvalue weighted by Gasteiger charge is -2.43. The Morgan fingerprint density at radius 3 is 1.40 bits per heavy atom. The first kappa shape index (κ1) is 20.1. The van der Waals surface area contributed by atoms with Crippen LogP contribution in [-0.2, 0) is 9.59 Å². The third-order valence-electron chi connectivity index (χ3n) is 6.00. The second-order valence-corrected chi connectivity index (χ2v) is 8.00. The number of hydrogen-bond acceptors (Lipinski definition) is 6. The molecule has 4 rings (SSSR count). The quantitative estimate of drug-likeness (QED) is 0.697. The average Bonchev–Trinajstić information content (AvgIpc) is 2.79. The highest BCUT2D eigenvalue weighted by atomic mass is 16.2. The Bertz CT molecular complexity index is 804. The zero-order chi connectivity index (χ0) is 21.1. The molecule has 2 atom stereocenters. The molecule has 4 heterocycles. The normalized spacial score (nSPS) is 22.2. The molecule has 0 N–H and O–H groups in total. The van der Waals surface area contributed by atoms with Gasteiger partial charge in [-0.25, -0.2) is 0 Å². The van der Waals surface area contributed by atoms with Gasteiger partial charge in [0.15, 0.2) is 0 Å². The lowest BCUT2D eigenvalue weighted by Crippen LogP contribution is -2.60. The van der Waals surface area contributed by atoms with Crippen molar-refractivity contribution in [2.24, 2.45) is 0 Å². The smallest absolute Gasteiger partial charge is 0.312 e. The lowest BCUT2D eigenvalue weighted by atomic mass is 10.1. The van der Waals surface area contributed by atoms with E-state index in [4.69, 9.17) is 0 Å². The molecule has 0 bridgehead atoms. The number of hydrogen-bond donors (Lipinski definition) is 0. The molecule has 158 valence electrons. The van der Waals surface area contributed by atoms with Crippen molar-refractivity contribution in [3.05, 3.63) is 49.1 Å². The molecule has 2 saturated heterocycles. The van der Waals surface area contributed by atoms with E-state index >= 15 is 0 Å². The highest BCUT2D eigenvalue weighted by Crippen LogP contribution is 2.22. The fourth-order valence-corrected chi connectivity index (χ4v) is 4.39. The molecule has 0 saturated carbocycles. The third kappa shape index (κ3) is 4.08. The monoisotopic (exact) mass is 408 g/mol. The Morgan fingerprint density at radius 2 is 1.07 bits per heavy atom. The van der Waals surface area contributed by atoms with E-state index in [0.717, 1.165) is 11.4 Å². The fourth-order valence-electron chi connectivity index (χ4n) is 4.39. The molecule has 2 fully saturated rings. The van der Waals surface area contributed by atoms with Gasteiger partial charge in [0, 0.05) is 87.5 Å². The number of nitrogens with zero attached hydrogens (tertiary/aromatic N) is 6. The number of piperazine rings is 2. The van der Waals surface area contributed by atoms with Crippen molar-refractivity contribution in [1.29, 1.82) is 0 Å². The van der Waals surface area contributed by atoms with Gasteiger partial charge in [-0.05, 0) is 38.1 Å². The fraction of sp³-hybridized carbons (Fsp3) is 0.455. The molecule has 0 radical (unpaired) electrons. The summed E-state index contributed by atoms with van der Waals surface area (Å²) in [6.45, 7) is 7.75. The number of pyridine rings is 2. The molecule has 2 unspecified atom stereocenters. The van der Waals surface area contributed by atoms with Gasteiger partial charge in [0.2, 0.25) is 0 Å². The maximum atomic E-state index is 12.9. The minimum atomic E-state index is -0.388. The van der Waals surface area contributed by atoms with Crippen molar-refractivity contribution in [1.82, 2.24) is 19.8 Å². The molecule has 8 heteroatoms. The van der Waals surface area contributed by atoms with E-state index in [1.54, 1.807) is 34.6 Å². The number of carbonyl (C=O) groups is 2. The third-order valence-corrected chi connectivity index (χ3v) is 6.00. The van der Waals surface area contributed by atoms with Crippen molar-refractivity contribution in [2.45, 2.75) is 25.9 Å². The van der Waals surface area contributed by atoms with E-state index in [1.165, 1.54) is 0 Å². The topological polar surface area (TPSA) is 72.9 Å². The molecule has 2 aromatic rings. The maximum absolute atomic E-state index is 12.9. The molecule has 30 heavy (non-hydrogen) atoms. The van der Waals surface area contributed by atoms with Crippen molar-refractivity contribution >= 4 is 23.2 Å². The highest BCUT2D eigenvalue weighted by molar-refractivity contribution is 6.35. The summed E-state index contributed by atoms with van der Waals surface area (Å²) in [7, 11) is 0. The first-order valence-corrected chi connectivity index (χ1v) is 10.5. The predicted molar refractivity (Wildman–Crippen MR) is 115 cm³/mol. The SMILES string of the molecule is CC1CN(C(=O)C(=O)N2CCN(c3ccncc3)C(C)C2)CCN1c1ccncc1. The van der Waals surface area contributed by atoms with Crippen LogP contribution in [-0.4, -0.2) is 82.9 Å². The second kappa shape index (κ2) is 8.69. The van der Waals surface area contributed by atoms with Gasteiger partial charge in [0.1, 0.15) is 0 Å². The Morgan fingerprint density at radius 1 is 0.700 bits per heavy atom. The highest BCUT2D eigenvalue weighted by Gasteiger charge is 2.35. The van der Waals surface area contributed by atoms with Crippen molar-refractivity contribution in [3.63, 3.8) is 0 Å². The first-order valence-electron chi connectivity index (χ1n) is 10.5. The number of rotatable bonds is 2. The van der Waals surface area contributed by atoms with Crippen LogP contribution in [0.5, 0.6) is 0 Å². The van der Waals surface area contributed by atoms with Gasteiger partial charge >= 0.3 is 11.8 Å². The number of carbonyl (C=O) groups excluding carboxylic acids is 2. The van der Waals surface area contributed by atoms with Crippen LogP contribution in [0.25, 0.3) is 0 Å². The van der Waals surface area contributed by atoms with Crippen LogP contribution in [0, 0.1) is 0 Å². The van der Waals surface area contributed by atoms with Crippen LogP contribution in [0.2, 0.25) is 0 Å². The van der Waals surface area contributed by atoms with Crippen molar-refractivity contribution in [3.8, 4) is 0 Å². The Balaban J connectivity index is 1.35. The van der Waals surface area contributed by atoms with Crippen molar-refractivity contribution < 1.29 is 9.59 Å². The Labute approximate surface area is 177 Å². The molecular weight excluding hydrogens is 380 g/mol. The molecule has 0 spiro atoms. The summed E-state index contributed by atoms with van der Waals surface area (Å²) in [5.41, 5.74) is 2.19. The Kier molecular flexibility index (Phi) is 5.83. The first-order chi connectivity index (χ1) is 14.5. The summed E-state index contributed by atoms with van der Waals surface area (Å²) < 4.78 is 0. The van der Waals surface area contributed by atoms with Crippen LogP contribution in [0.1, 0.15) is 13.8 Å². The van der Waals surface area contributed by atoms with E-state index in [0.29, 0.717) is 39.3 Å². The van der Waals surface area contributed by atoms with Gasteiger partial charge in [0.25, 0.3) is 0 Å². The molecule has 2 aliphatic rings. The second-order valence-electron chi connectivity index (χ2n) is 8.00. The molecule has 2 amide bonds. The van der Waals surface area contributed by atoms with Crippen LogP contribution < -0.4 is 9.80 Å². The molecule has 0 aliphatic carbocycles. The molecular formula is C22H28N6O2. The van der Waals surface area contributed by atoms with Gasteiger partial charge in [-0.2, -0.15) is 0 Å². The number of aromatic nitrogens is 2. The number of anilines is 2. The van der Waals surface area contributed by atoms with Crippen molar-refractivity contribution in [2.75, 3.05) is 49.1 Å². The van der Waals surface area contributed by atoms with Crippen LogP contribution in [0.4, 0.5) is 11.4 Å². The summed E-state index contributed by atoms with van der Waals surface area (Å²) in [5.74, 6) is -0.776. The minimum Gasteiger partial charge on any atom is -0.365 e. The van der Waals surface area contributed by atoms with E-state index in [-0.39, 0.29) is 23.9 Å². The molecule has 2 aromatic heterocycles. The summed E-state index contributed by atoms with van der Waals surface area (Å²) in [5, 5.41) is 0. The molecule has 2 aliphatic heterocycles. The van der Waals surface area contributed by atoms with Gasteiger partial charge in [-0.3, -0.25) is 19.6 Å². The van der Waals surface area contributed by atoms with Gasteiger partial charge in [0.05, 0.1) is 0 Å². The van der Waals surface area contributed by atoms with Crippen LogP contribution in [0.15, 0.2) is 49.1 Å². The van der Waals surface area contributed by atoms with E-state index in [9.17, 15) is 9.59 Å². The standard InChI is InChI=1S/C22H28N6O2/c1-17-15-25(11-13-27(17)19-3-7-23-8-4-19)21(29)22(30)26-12-14-28(18(2)16-26)20-5-9-24-10-6-20/h3-10,17-18H,11-16H2,1-2H3. The Hall–Kier alpha value is -3.16. The summed E-state index contributed by atoms with van der Waals surface area (Å²) >= 11 is 0. The van der Waals surface area contributed by atoms with Gasteiger partial charge < -0.3 is 19.6 Å². The average molecular weight is 409 g/mol. The van der Waals surface area contributed by atoms with E-state index < -0.39 is 0 Å². The van der Waals surface area contributed by atoms with Crippen LogP contribution >= 0.6 is 0 Å². The zero-order valence-corrected chi connectivity index (χ0v) is 17.5. The van der Waals surface area contributed by atoms with E-state index in [2.05, 4.69) is 33.6 Å². The van der Waals surface area contributed by atoms with Gasteiger partial charge in [-0.15, -0.1) is 0 Å². The largest absolute Gasteiger partial charge is 0.365 e. The predicted octanol–water partition coefficient (Wildman–Crippen LogP) is 1.25.